The first-order valence-corrected chi connectivity index (χ1v) is 11.5. The van der Waals surface area contributed by atoms with Crippen LogP contribution in [0.3, 0.4) is 0 Å². The van der Waals surface area contributed by atoms with Gasteiger partial charge in [-0.2, -0.15) is 0 Å². The Balaban J connectivity index is 1.51. The maximum atomic E-state index is 12.5. The third-order valence-corrected chi connectivity index (χ3v) is 6.27. The molecule has 1 unspecified atom stereocenters. The van der Waals surface area contributed by atoms with Crippen LogP contribution in [0.2, 0.25) is 0 Å². The maximum absolute atomic E-state index is 12.5. The number of rotatable bonds is 7. The minimum Gasteiger partial charge on any atom is -0.465 e. The van der Waals surface area contributed by atoms with Gasteiger partial charge in [0.2, 0.25) is 5.91 Å². The van der Waals surface area contributed by atoms with Gasteiger partial charge in [-0.15, -0.1) is 0 Å². The first kappa shape index (κ1) is 23.3. The fraction of sp³-hybridized carbons (Fsp3) is 0.148. The molecule has 1 N–H and O–H groups in total. The lowest BCUT2D eigenvalue weighted by atomic mass is 10.0. The molecule has 1 fully saturated rings. The van der Waals surface area contributed by atoms with Crippen molar-refractivity contribution in [1.82, 2.24) is 5.32 Å². The number of hydrogen-bond donors (Lipinski definition) is 1. The lowest BCUT2D eigenvalue weighted by Gasteiger charge is -2.11. The average Bonchev–Trinajstić information content (AvgIpc) is 3.16. The van der Waals surface area contributed by atoms with Crippen molar-refractivity contribution in [3.8, 4) is 11.5 Å². The van der Waals surface area contributed by atoms with E-state index in [4.69, 9.17) is 9.47 Å². The second-order valence-corrected chi connectivity index (χ2v) is 9.00. The normalized spacial score (nSPS) is 15.7. The van der Waals surface area contributed by atoms with Crippen LogP contribution in [-0.2, 0) is 20.7 Å². The summed E-state index contributed by atoms with van der Waals surface area (Å²) < 4.78 is 11.0. The Bertz CT molecular complexity index is 1250. The largest absolute Gasteiger partial charge is 0.465 e. The second-order valence-electron chi connectivity index (χ2n) is 7.82. The predicted octanol–water partition coefficient (Wildman–Crippen LogP) is 5.40. The fourth-order valence-electron chi connectivity index (χ4n) is 3.50. The molecule has 1 aliphatic rings. The Kier molecular flexibility index (Phi) is 7.13. The van der Waals surface area contributed by atoms with Crippen molar-refractivity contribution in [3.05, 3.63) is 95.1 Å². The number of amides is 2. The van der Waals surface area contributed by atoms with Gasteiger partial charge in [-0.1, -0.05) is 65.9 Å². The SMILES string of the molecule is COC(=O)C(=Cc1ccc(C)cc1)c1cccc(Oc2ccc(CC3SC(=O)NC3=O)cc2)c1. The number of ether oxygens (including phenoxy) is 2. The molecular weight excluding hydrogens is 450 g/mol. The van der Waals surface area contributed by atoms with Crippen LogP contribution in [0.4, 0.5) is 4.79 Å². The van der Waals surface area contributed by atoms with E-state index in [0.29, 0.717) is 29.1 Å². The Labute approximate surface area is 202 Å². The van der Waals surface area contributed by atoms with Crippen LogP contribution in [0, 0.1) is 6.92 Å². The topological polar surface area (TPSA) is 81.7 Å². The number of methoxy groups -OCH3 is 1. The van der Waals surface area contributed by atoms with Gasteiger partial charge in [-0.3, -0.25) is 14.9 Å². The molecule has 1 heterocycles. The summed E-state index contributed by atoms with van der Waals surface area (Å²) in [6.07, 6.45) is 2.26. The standard InChI is InChI=1S/C27H23NO5S/c1-17-6-8-18(9-7-17)14-23(26(30)32-2)20-4-3-5-22(16-20)33-21-12-10-19(11-13-21)15-24-25(29)28-27(31)34-24/h3-14,16,24H,15H2,1-2H3,(H,28,29,31). The summed E-state index contributed by atoms with van der Waals surface area (Å²) in [5.41, 5.74) is 4.06. The number of benzene rings is 3. The number of thioether (sulfide) groups is 1. The molecule has 172 valence electrons. The number of imide groups is 1. The highest BCUT2D eigenvalue weighted by atomic mass is 32.2. The summed E-state index contributed by atoms with van der Waals surface area (Å²) >= 11 is 1.01. The predicted molar refractivity (Wildman–Crippen MR) is 133 cm³/mol. The van der Waals surface area contributed by atoms with Crippen molar-refractivity contribution in [2.75, 3.05) is 7.11 Å². The molecule has 1 saturated heterocycles. The molecule has 0 aromatic heterocycles. The minimum absolute atomic E-state index is 0.257. The number of carbonyl (C=O) groups is 3. The second kappa shape index (κ2) is 10.4. The third-order valence-electron chi connectivity index (χ3n) is 5.29. The van der Waals surface area contributed by atoms with Gasteiger partial charge in [0, 0.05) is 0 Å². The van der Waals surface area contributed by atoms with Crippen molar-refractivity contribution >= 4 is 40.5 Å². The zero-order chi connectivity index (χ0) is 24.1. The van der Waals surface area contributed by atoms with Gasteiger partial charge in [-0.05, 0) is 60.4 Å². The van der Waals surface area contributed by atoms with Gasteiger partial charge < -0.3 is 9.47 Å². The summed E-state index contributed by atoms with van der Waals surface area (Å²) in [6.45, 7) is 2.01. The van der Waals surface area contributed by atoms with Crippen LogP contribution in [0.15, 0.2) is 72.8 Å². The van der Waals surface area contributed by atoms with Crippen molar-refractivity contribution < 1.29 is 23.9 Å². The van der Waals surface area contributed by atoms with Gasteiger partial charge in [0.1, 0.15) is 11.5 Å². The molecule has 6 nitrogen and oxygen atoms in total. The Morgan fingerprint density at radius 3 is 2.38 bits per heavy atom. The summed E-state index contributed by atoms with van der Waals surface area (Å²) in [7, 11) is 1.36. The van der Waals surface area contributed by atoms with Crippen molar-refractivity contribution in [2.45, 2.75) is 18.6 Å². The molecule has 0 bridgehead atoms. The van der Waals surface area contributed by atoms with E-state index in [-0.39, 0.29) is 11.1 Å². The van der Waals surface area contributed by atoms with Crippen LogP contribution < -0.4 is 10.1 Å². The average molecular weight is 474 g/mol. The van der Waals surface area contributed by atoms with Gasteiger partial charge in [-0.25, -0.2) is 4.79 Å². The molecule has 0 radical (unpaired) electrons. The summed E-state index contributed by atoms with van der Waals surface area (Å²) in [5.74, 6) is 0.490. The maximum Gasteiger partial charge on any atom is 0.338 e. The van der Waals surface area contributed by atoms with Gasteiger partial charge >= 0.3 is 5.97 Å². The van der Waals surface area contributed by atoms with E-state index in [0.717, 1.165) is 28.5 Å². The molecule has 0 saturated carbocycles. The number of carbonyl (C=O) groups excluding carboxylic acids is 3. The number of hydrogen-bond acceptors (Lipinski definition) is 6. The molecule has 34 heavy (non-hydrogen) atoms. The molecule has 1 aliphatic heterocycles. The minimum atomic E-state index is -0.436. The van der Waals surface area contributed by atoms with Gasteiger partial charge in [0.15, 0.2) is 0 Å². The van der Waals surface area contributed by atoms with Crippen LogP contribution in [-0.4, -0.2) is 29.5 Å². The lowest BCUT2D eigenvalue weighted by Crippen LogP contribution is -2.25. The van der Waals surface area contributed by atoms with E-state index < -0.39 is 11.2 Å². The molecule has 1 atom stereocenters. The van der Waals surface area contributed by atoms with Crippen LogP contribution in [0.25, 0.3) is 11.6 Å². The summed E-state index contributed by atoms with van der Waals surface area (Å²) in [6, 6.07) is 22.5. The highest BCUT2D eigenvalue weighted by Crippen LogP contribution is 2.28. The van der Waals surface area contributed by atoms with Crippen LogP contribution in [0.1, 0.15) is 22.3 Å². The smallest absolute Gasteiger partial charge is 0.338 e. The Morgan fingerprint density at radius 1 is 1.00 bits per heavy atom. The van der Waals surface area contributed by atoms with Crippen LogP contribution in [0.5, 0.6) is 11.5 Å². The fourth-order valence-corrected chi connectivity index (χ4v) is 4.36. The van der Waals surface area contributed by atoms with E-state index in [1.54, 1.807) is 12.1 Å². The molecule has 0 spiro atoms. The van der Waals surface area contributed by atoms with Crippen molar-refractivity contribution in [3.63, 3.8) is 0 Å². The summed E-state index contributed by atoms with van der Waals surface area (Å²) in [5, 5.41) is 1.58. The molecular formula is C27H23NO5S. The monoisotopic (exact) mass is 473 g/mol. The molecule has 4 rings (SSSR count). The van der Waals surface area contributed by atoms with Crippen molar-refractivity contribution in [2.24, 2.45) is 0 Å². The highest BCUT2D eigenvalue weighted by molar-refractivity contribution is 8.15. The first-order chi connectivity index (χ1) is 16.4. The molecule has 2 amide bonds. The zero-order valence-electron chi connectivity index (χ0n) is 18.7. The van der Waals surface area contributed by atoms with E-state index in [1.807, 2.05) is 73.7 Å². The van der Waals surface area contributed by atoms with E-state index in [9.17, 15) is 14.4 Å². The zero-order valence-corrected chi connectivity index (χ0v) is 19.6. The first-order valence-electron chi connectivity index (χ1n) is 10.7. The third kappa shape index (κ3) is 5.74. The summed E-state index contributed by atoms with van der Waals surface area (Å²) in [4.78, 5) is 35.6. The lowest BCUT2D eigenvalue weighted by molar-refractivity contribution is -0.133. The number of aryl methyl sites for hydroxylation is 1. The Morgan fingerprint density at radius 2 is 1.74 bits per heavy atom. The van der Waals surface area contributed by atoms with Crippen LogP contribution >= 0.6 is 11.8 Å². The van der Waals surface area contributed by atoms with Gasteiger partial charge in [0.25, 0.3) is 5.24 Å². The van der Waals surface area contributed by atoms with E-state index in [2.05, 4.69) is 5.32 Å². The van der Waals surface area contributed by atoms with E-state index in [1.165, 1.54) is 7.11 Å². The Hall–Kier alpha value is -3.84. The number of esters is 1. The molecule has 0 aliphatic carbocycles. The van der Waals surface area contributed by atoms with Gasteiger partial charge in [0.05, 0.1) is 17.9 Å². The molecule has 3 aromatic carbocycles. The molecule has 3 aromatic rings. The van der Waals surface area contributed by atoms with E-state index >= 15 is 0 Å². The van der Waals surface area contributed by atoms with Crippen molar-refractivity contribution in [1.29, 1.82) is 0 Å². The number of nitrogens with one attached hydrogen (secondary N) is 1. The highest BCUT2D eigenvalue weighted by Gasteiger charge is 2.31. The quantitative estimate of drug-likeness (QED) is 0.281. The molecule has 7 heteroatoms.